The molecule has 0 aliphatic heterocycles. The van der Waals surface area contributed by atoms with Gasteiger partial charge in [-0.1, -0.05) is 35.4 Å². The highest BCUT2D eigenvalue weighted by atomic mass is 32.2. The quantitative estimate of drug-likeness (QED) is 0.108. The molecule has 2 atom stereocenters. The molecular formula is C24H28N5O12PS2. The van der Waals surface area contributed by atoms with Crippen LogP contribution in [0.1, 0.15) is 17.4 Å². The molecule has 0 saturated carbocycles. The Hall–Kier alpha value is -3.52. The number of aromatic nitrogens is 4. The van der Waals surface area contributed by atoms with Crippen molar-refractivity contribution in [2.75, 3.05) is 25.6 Å². The van der Waals surface area contributed by atoms with Gasteiger partial charge in [-0.3, -0.25) is 27.2 Å². The molecule has 20 heteroatoms. The first-order chi connectivity index (χ1) is 20.5. The fraction of sp³-hybridized carbons (Fsp3) is 0.292. The highest BCUT2D eigenvalue weighted by molar-refractivity contribution is 7.87. The Bertz CT molecular complexity index is 1940. The van der Waals surface area contributed by atoms with E-state index in [1.807, 2.05) is 0 Å². The first-order valence-electron chi connectivity index (χ1n) is 12.5. The van der Waals surface area contributed by atoms with Gasteiger partial charge in [0.05, 0.1) is 29.3 Å². The van der Waals surface area contributed by atoms with Gasteiger partial charge in [-0.15, -0.1) is 0 Å². The molecular weight excluding hydrogens is 645 g/mol. The SMILES string of the molecule is Cc1ccc(S(=O)(=O)OCC(O[C@H](COP(=O)(O)O)COS(=O)(=O)c2ccc(C)cc2)n2cnc3c(=O)[nH]c(N)nc32)cc1. The lowest BCUT2D eigenvalue weighted by atomic mass is 10.2. The first kappa shape index (κ1) is 33.4. The van der Waals surface area contributed by atoms with Gasteiger partial charge in [-0.2, -0.15) is 21.8 Å². The predicted octanol–water partition coefficient (Wildman–Crippen LogP) is 1.12. The normalized spacial score (nSPS) is 14.1. The number of phosphoric acid groups is 1. The van der Waals surface area contributed by atoms with Gasteiger partial charge in [0.2, 0.25) is 5.95 Å². The van der Waals surface area contributed by atoms with Crippen LogP contribution >= 0.6 is 7.82 Å². The summed E-state index contributed by atoms with van der Waals surface area (Å²) in [7, 11) is -13.9. The standard InChI is InChI=1S/C24H28N5O12PS2/c1-15-3-7-18(8-4-15)43(34,35)39-12-17(11-38-42(31,32)33)41-20(13-40-44(36,37)19-9-5-16(2)6-10-19)29-14-26-21-22(29)27-24(25)28-23(21)30/h3-10,14,17,20H,11-13H2,1-2H3,(H2,31,32,33)(H3,25,27,28,30)/t17-,20?/m1/s1. The lowest BCUT2D eigenvalue weighted by Crippen LogP contribution is -2.32. The van der Waals surface area contributed by atoms with E-state index in [0.29, 0.717) is 0 Å². The molecule has 0 spiro atoms. The molecule has 0 amide bonds. The van der Waals surface area contributed by atoms with Crippen molar-refractivity contribution in [3.8, 4) is 0 Å². The molecule has 0 aliphatic rings. The summed E-state index contributed by atoms with van der Waals surface area (Å²) < 4.78 is 84.7. The zero-order chi connectivity index (χ0) is 32.3. The highest BCUT2D eigenvalue weighted by Gasteiger charge is 2.29. The molecule has 5 N–H and O–H groups in total. The second-order valence-electron chi connectivity index (χ2n) is 9.38. The Kier molecular flexibility index (Phi) is 10.0. The molecule has 4 rings (SSSR count). The average molecular weight is 674 g/mol. The van der Waals surface area contributed by atoms with Gasteiger partial charge in [0.15, 0.2) is 17.4 Å². The monoisotopic (exact) mass is 673 g/mol. The number of nitrogens with zero attached hydrogens (tertiary/aromatic N) is 3. The second kappa shape index (κ2) is 13.2. The molecule has 2 heterocycles. The summed E-state index contributed by atoms with van der Waals surface area (Å²) in [5, 5.41) is 0. The number of nitrogens with two attached hydrogens (primary N) is 1. The Balaban J connectivity index is 1.67. The summed E-state index contributed by atoms with van der Waals surface area (Å²) in [6, 6.07) is 11.4. The molecule has 2 aromatic heterocycles. The minimum Gasteiger partial charge on any atom is -0.369 e. The van der Waals surface area contributed by atoms with Crippen LogP contribution in [0.2, 0.25) is 0 Å². The van der Waals surface area contributed by atoms with Crippen molar-refractivity contribution in [3.63, 3.8) is 0 Å². The van der Waals surface area contributed by atoms with Gasteiger partial charge >= 0.3 is 7.82 Å². The van der Waals surface area contributed by atoms with Crippen molar-refractivity contribution >= 4 is 45.2 Å². The summed E-state index contributed by atoms with van der Waals surface area (Å²) in [4.78, 5) is 40.7. The third-order valence-electron chi connectivity index (χ3n) is 5.93. The number of H-pyrrole nitrogens is 1. The number of rotatable bonds is 14. The van der Waals surface area contributed by atoms with Crippen LogP contribution in [0.4, 0.5) is 5.95 Å². The van der Waals surface area contributed by atoms with Crippen molar-refractivity contribution < 1.29 is 48.8 Å². The van der Waals surface area contributed by atoms with E-state index in [-0.39, 0.29) is 26.9 Å². The molecule has 0 aliphatic carbocycles. The number of benzene rings is 2. The fourth-order valence-electron chi connectivity index (χ4n) is 3.73. The number of aromatic amines is 1. The number of imidazole rings is 1. The smallest absolute Gasteiger partial charge is 0.369 e. The zero-order valence-corrected chi connectivity index (χ0v) is 25.7. The van der Waals surface area contributed by atoms with E-state index >= 15 is 0 Å². The minimum absolute atomic E-state index is 0.171. The largest absolute Gasteiger partial charge is 0.469 e. The van der Waals surface area contributed by atoms with Crippen LogP contribution < -0.4 is 11.3 Å². The third kappa shape index (κ3) is 8.56. The van der Waals surface area contributed by atoms with E-state index in [4.69, 9.17) is 18.8 Å². The van der Waals surface area contributed by atoms with E-state index in [1.165, 1.54) is 36.4 Å². The van der Waals surface area contributed by atoms with Crippen molar-refractivity contribution in [2.45, 2.75) is 36.0 Å². The number of hydrogen-bond acceptors (Lipinski definition) is 13. The Morgan fingerprint density at radius 3 is 1.95 bits per heavy atom. The molecule has 0 bridgehead atoms. The van der Waals surface area contributed by atoms with Crippen LogP contribution in [-0.4, -0.2) is 72.1 Å². The number of anilines is 1. The molecule has 17 nitrogen and oxygen atoms in total. The molecule has 1 unspecified atom stereocenters. The molecule has 44 heavy (non-hydrogen) atoms. The number of hydrogen-bond donors (Lipinski definition) is 4. The Morgan fingerprint density at radius 1 is 0.909 bits per heavy atom. The predicted molar refractivity (Wildman–Crippen MR) is 153 cm³/mol. The van der Waals surface area contributed by atoms with Gasteiger partial charge in [-0.05, 0) is 38.1 Å². The number of phosphoric ester groups is 1. The number of nitrogens with one attached hydrogen (secondary N) is 1. The number of ether oxygens (including phenoxy) is 1. The van der Waals surface area contributed by atoms with Crippen molar-refractivity contribution in [1.29, 1.82) is 0 Å². The molecule has 238 valence electrons. The first-order valence-corrected chi connectivity index (χ1v) is 16.9. The third-order valence-corrected chi connectivity index (χ3v) is 9.01. The molecule has 0 radical (unpaired) electrons. The van der Waals surface area contributed by atoms with Gasteiger partial charge in [-0.25, -0.2) is 9.55 Å². The zero-order valence-electron chi connectivity index (χ0n) is 23.1. The fourth-order valence-corrected chi connectivity index (χ4v) is 5.93. The maximum atomic E-state index is 12.9. The van der Waals surface area contributed by atoms with Crippen LogP contribution in [0.3, 0.4) is 0 Å². The summed E-state index contributed by atoms with van der Waals surface area (Å²) in [6.45, 7) is 0.926. The van der Waals surface area contributed by atoms with Gasteiger partial charge < -0.3 is 20.3 Å². The highest BCUT2D eigenvalue weighted by Crippen LogP contribution is 2.36. The van der Waals surface area contributed by atoms with Crippen molar-refractivity contribution in [3.05, 3.63) is 76.3 Å². The van der Waals surface area contributed by atoms with Crippen LogP contribution in [0.25, 0.3) is 11.2 Å². The van der Waals surface area contributed by atoms with E-state index in [2.05, 4.69) is 19.5 Å². The van der Waals surface area contributed by atoms with E-state index in [0.717, 1.165) is 22.0 Å². The molecule has 2 aromatic carbocycles. The van der Waals surface area contributed by atoms with Gasteiger partial charge in [0.25, 0.3) is 25.8 Å². The minimum atomic E-state index is -5.09. The lowest BCUT2D eigenvalue weighted by Gasteiger charge is -2.25. The molecule has 0 fully saturated rings. The average Bonchev–Trinajstić information content (AvgIpc) is 3.36. The van der Waals surface area contributed by atoms with Crippen LogP contribution in [-0.2, 0) is 42.4 Å². The van der Waals surface area contributed by atoms with Crippen molar-refractivity contribution in [2.24, 2.45) is 0 Å². The summed E-state index contributed by atoms with van der Waals surface area (Å²) in [5.74, 6) is -0.315. The number of nitrogen functional groups attached to an aromatic ring is 1. The summed E-state index contributed by atoms with van der Waals surface area (Å²) in [6.07, 6.45) is -2.08. The van der Waals surface area contributed by atoms with E-state index in [9.17, 15) is 36.0 Å². The Labute approximate surface area is 251 Å². The van der Waals surface area contributed by atoms with Crippen LogP contribution in [0.15, 0.2) is 69.4 Å². The maximum absolute atomic E-state index is 12.9. The topological polar surface area (TPSA) is 252 Å². The lowest BCUT2D eigenvalue weighted by molar-refractivity contribution is -0.101. The number of fused-ring (bicyclic) bond motifs is 1. The summed E-state index contributed by atoms with van der Waals surface area (Å²) in [5.41, 5.74) is 6.13. The van der Waals surface area contributed by atoms with E-state index < -0.39 is 65.8 Å². The Morgan fingerprint density at radius 2 is 1.43 bits per heavy atom. The molecule has 0 saturated heterocycles. The van der Waals surface area contributed by atoms with Crippen LogP contribution in [0.5, 0.6) is 0 Å². The van der Waals surface area contributed by atoms with E-state index in [1.54, 1.807) is 26.0 Å². The molecule has 4 aromatic rings. The van der Waals surface area contributed by atoms with Gasteiger partial charge in [0.1, 0.15) is 12.7 Å². The van der Waals surface area contributed by atoms with Crippen molar-refractivity contribution in [1.82, 2.24) is 19.5 Å². The summed E-state index contributed by atoms with van der Waals surface area (Å²) >= 11 is 0. The van der Waals surface area contributed by atoms with Gasteiger partial charge in [0, 0.05) is 0 Å². The maximum Gasteiger partial charge on any atom is 0.469 e. The van der Waals surface area contributed by atoms with Crippen LogP contribution in [0, 0.1) is 13.8 Å². The second-order valence-corrected chi connectivity index (χ2v) is 13.8. The number of aryl methyl sites for hydroxylation is 2.